The maximum atomic E-state index is 5.98. The highest BCUT2D eigenvalue weighted by Gasteiger charge is 2.09. The number of rotatable bonds is 2. The fraction of sp³-hybridized carbons (Fsp3) is 0.444. The molecule has 0 aliphatic carbocycles. The molecule has 4 nitrogen and oxygen atoms in total. The average Bonchev–Trinajstić information content (AvgIpc) is 2.49. The molecule has 2 heterocycles. The van der Waals surface area contributed by atoms with Crippen LogP contribution in [0.2, 0.25) is 5.15 Å². The number of hydrogen-bond acceptors (Lipinski definition) is 3. The molecule has 0 aliphatic heterocycles. The fourth-order valence-electron chi connectivity index (χ4n) is 1.40. The van der Waals surface area contributed by atoms with Gasteiger partial charge in [-0.2, -0.15) is 0 Å². The van der Waals surface area contributed by atoms with E-state index in [1.54, 1.807) is 6.33 Å². The Labute approximate surface area is 87.0 Å². The molecule has 0 spiro atoms. The number of aromatic nitrogens is 4. The molecule has 74 valence electrons. The van der Waals surface area contributed by atoms with Gasteiger partial charge in [0, 0.05) is 6.54 Å². The number of imidazole rings is 1. The second-order valence-corrected chi connectivity index (χ2v) is 3.99. The topological polar surface area (TPSA) is 43.6 Å². The van der Waals surface area contributed by atoms with Crippen LogP contribution in [-0.2, 0) is 6.54 Å². The maximum absolute atomic E-state index is 5.98. The predicted molar refractivity (Wildman–Crippen MR) is 55.2 cm³/mol. The molecule has 0 bridgehead atoms. The lowest BCUT2D eigenvalue weighted by molar-refractivity contribution is 0.532. The molecule has 0 unspecified atom stereocenters. The highest BCUT2D eigenvalue weighted by molar-refractivity contribution is 6.33. The van der Waals surface area contributed by atoms with E-state index in [-0.39, 0.29) is 0 Å². The van der Waals surface area contributed by atoms with Crippen molar-refractivity contribution in [3.05, 3.63) is 17.8 Å². The van der Waals surface area contributed by atoms with Crippen molar-refractivity contribution in [3.8, 4) is 0 Å². The van der Waals surface area contributed by atoms with Crippen molar-refractivity contribution in [2.45, 2.75) is 20.4 Å². The predicted octanol–water partition coefficient (Wildman–Crippen LogP) is 2.14. The Morgan fingerprint density at radius 3 is 2.86 bits per heavy atom. The van der Waals surface area contributed by atoms with Crippen molar-refractivity contribution < 1.29 is 0 Å². The van der Waals surface area contributed by atoms with Crippen LogP contribution in [0.4, 0.5) is 0 Å². The van der Waals surface area contributed by atoms with Crippen LogP contribution in [0.15, 0.2) is 12.7 Å². The molecule has 0 aliphatic rings. The summed E-state index contributed by atoms with van der Waals surface area (Å²) >= 11 is 5.98. The van der Waals surface area contributed by atoms with Gasteiger partial charge >= 0.3 is 0 Å². The number of nitrogens with zero attached hydrogens (tertiary/aromatic N) is 4. The number of fused-ring (bicyclic) bond motifs is 1. The summed E-state index contributed by atoms with van der Waals surface area (Å²) in [6, 6.07) is 0. The maximum Gasteiger partial charge on any atom is 0.182 e. The quantitative estimate of drug-likeness (QED) is 0.714. The molecule has 2 rings (SSSR count). The van der Waals surface area contributed by atoms with Crippen LogP contribution >= 0.6 is 11.6 Å². The monoisotopic (exact) mass is 210 g/mol. The average molecular weight is 211 g/mol. The standard InChI is InChI=1S/C9H11ClN4/c1-6(2)3-14-5-13-9-7(14)8(10)11-4-12-9/h4-6H,3H2,1-2H3. The molecule has 14 heavy (non-hydrogen) atoms. The van der Waals surface area contributed by atoms with Gasteiger partial charge in [0.05, 0.1) is 6.33 Å². The van der Waals surface area contributed by atoms with E-state index in [0.717, 1.165) is 12.1 Å². The van der Waals surface area contributed by atoms with Gasteiger partial charge in [-0.25, -0.2) is 15.0 Å². The van der Waals surface area contributed by atoms with E-state index in [4.69, 9.17) is 11.6 Å². The molecule has 0 saturated carbocycles. The third-order valence-corrected chi connectivity index (χ3v) is 2.20. The summed E-state index contributed by atoms with van der Waals surface area (Å²) in [5.41, 5.74) is 1.48. The molecule has 0 N–H and O–H groups in total. The Balaban J connectivity index is 2.55. The summed E-state index contributed by atoms with van der Waals surface area (Å²) in [6.45, 7) is 5.16. The molecule has 0 saturated heterocycles. The van der Waals surface area contributed by atoms with Crippen LogP contribution < -0.4 is 0 Å². The van der Waals surface area contributed by atoms with Crippen LogP contribution in [0.25, 0.3) is 11.2 Å². The van der Waals surface area contributed by atoms with E-state index < -0.39 is 0 Å². The smallest absolute Gasteiger partial charge is 0.182 e. The van der Waals surface area contributed by atoms with E-state index in [2.05, 4.69) is 28.8 Å². The van der Waals surface area contributed by atoms with Crippen LogP contribution in [-0.4, -0.2) is 19.5 Å². The van der Waals surface area contributed by atoms with Crippen LogP contribution in [0, 0.1) is 5.92 Å². The summed E-state index contributed by atoms with van der Waals surface area (Å²) < 4.78 is 1.99. The lowest BCUT2D eigenvalue weighted by Gasteiger charge is -2.06. The molecule has 0 amide bonds. The van der Waals surface area contributed by atoms with Crippen molar-refractivity contribution in [1.82, 2.24) is 19.5 Å². The van der Waals surface area contributed by atoms with Crippen molar-refractivity contribution in [2.24, 2.45) is 5.92 Å². The van der Waals surface area contributed by atoms with Crippen LogP contribution in [0.1, 0.15) is 13.8 Å². The zero-order valence-electron chi connectivity index (χ0n) is 8.11. The normalized spacial score (nSPS) is 11.4. The van der Waals surface area contributed by atoms with Gasteiger partial charge in [-0.1, -0.05) is 25.4 Å². The minimum absolute atomic E-state index is 0.466. The highest BCUT2D eigenvalue weighted by atomic mass is 35.5. The van der Waals surface area contributed by atoms with Gasteiger partial charge in [0.2, 0.25) is 0 Å². The first-order valence-corrected chi connectivity index (χ1v) is 4.87. The third kappa shape index (κ3) is 1.57. The number of hydrogen-bond donors (Lipinski definition) is 0. The summed E-state index contributed by atoms with van der Waals surface area (Å²) in [6.07, 6.45) is 3.18. The van der Waals surface area contributed by atoms with E-state index in [1.807, 2.05) is 4.57 Å². The molecule has 0 radical (unpaired) electrons. The first-order chi connectivity index (χ1) is 6.68. The Morgan fingerprint density at radius 1 is 1.36 bits per heavy atom. The van der Waals surface area contributed by atoms with Crippen LogP contribution in [0.3, 0.4) is 0 Å². The SMILES string of the molecule is CC(C)Cn1cnc2ncnc(Cl)c21. The molecule has 0 fully saturated rings. The van der Waals surface area contributed by atoms with E-state index in [9.17, 15) is 0 Å². The molecule has 2 aromatic heterocycles. The van der Waals surface area contributed by atoms with Gasteiger partial charge in [0.15, 0.2) is 10.8 Å². The first kappa shape index (κ1) is 9.40. The first-order valence-electron chi connectivity index (χ1n) is 4.50. The zero-order valence-corrected chi connectivity index (χ0v) is 8.86. The Bertz CT molecular complexity index is 449. The number of halogens is 1. The van der Waals surface area contributed by atoms with Crippen molar-refractivity contribution in [3.63, 3.8) is 0 Å². The zero-order chi connectivity index (χ0) is 10.1. The Hall–Kier alpha value is -1.16. The van der Waals surface area contributed by atoms with E-state index in [1.165, 1.54) is 6.33 Å². The summed E-state index contributed by atoms with van der Waals surface area (Å²) in [5.74, 6) is 0.545. The van der Waals surface area contributed by atoms with Crippen molar-refractivity contribution >= 4 is 22.8 Å². The van der Waals surface area contributed by atoms with E-state index >= 15 is 0 Å². The van der Waals surface area contributed by atoms with Gasteiger partial charge in [0.1, 0.15) is 11.8 Å². The molecule has 0 aromatic carbocycles. The highest BCUT2D eigenvalue weighted by Crippen LogP contribution is 2.18. The van der Waals surface area contributed by atoms with Gasteiger partial charge < -0.3 is 4.57 Å². The van der Waals surface area contributed by atoms with Gasteiger partial charge in [-0.15, -0.1) is 0 Å². The summed E-state index contributed by atoms with van der Waals surface area (Å²) in [5, 5.41) is 0.466. The second kappa shape index (κ2) is 3.53. The van der Waals surface area contributed by atoms with Crippen molar-refractivity contribution in [1.29, 1.82) is 0 Å². The molecule has 0 atom stereocenters. The molecular formula is C9H11ClN4. The summed E-state index contributed by atoms with van der Waals surface area (Å²) in [4.78, 5) is 12.1. The van der Waals surface area contributed by atoms with Crippen LogP contribution in [0.5, 0.6) is 0 Å². The summed E-state index contributed by atoms with van der Waals surface area (Å²) in [7, 11) is 0. The molecular weight excluding hydrogens is 200 g/mol. The third-order valence-electron chi connectivity index (χ3n) is 1.93. The lowest BCUT2D eigenvalue weighted by Crippen LogP contribution is -2.03. The molecule has 5 heteroatoms. The fourth-order valence-corrected chi connectivity index (χ4v) is 1.64. The Morgan fingerprint density at radius 2 is 2.14 bits per heavy atom. The van der Waals surface area contributed by atoms with Gasteiger partial charge in [0.25, 0.3) is 0 Å². The minimum Gasteiger partial charge on any atom is -0.326 e. The van der Waals surface area contributed by atoms with E-state index in [0.29, 0.717) is 16.7 Å². The Kier molecular flexibility index (Phi) is 2.37. The minimum atomic E-state index is 0.466. The van der Waals surface area contributed by atoms with Gasteiger partial charge in [-0.05, 0) is 5.92 Å². The second-order valence-electron chi connectivity index (χ2n) is 3.63. The molecule has 2 aromatic rings. The largest absolute Gasteiger partial charge is 0.326 e. The van der Waals surface area contributed by atoms with Crippen molar-refractivity contribution in [2.75, 3.05) is 0 Å². The van der Waals surface area contributed by atoms with Gasteiger partial charge in [-0.3, -0.25) is 0 Å². The lowest BCUT2D eigenvalue weighted by atomic mass is 10.2.